The minimum Gasteiger partial charge on any atom is -0.467 e. The SMILES string of the molecule is COC(=O)[C@H](NC(=O)c1ccc2n[nH]c(=O)n2c1)c1ccccc1. The van der Waals surface area contributed by atoms with Gasteiger partial charge in [-0.05, 0) is 17.7 Å². The van der Waals surface area contributed by atoms with Gasteiger partial charge in [-0.1, -0.05) is 30.3 Å². The first-order chi connectivity index (χ1) is 11.6. The number of carbonyl (C=O) groups excluding carboxylic acids is 2. The van der Waals surface area contributed by atoms with Crippen molar-refractivity contribution in [3.63, 3.8) is 0 Å². The summed E-state index contributed by atoms with van der Waals surface area (Å²) in [5.74, 6) is -1.10. The summed E-state index contributed by atoms with van der Waals surface area (Å²) in [6.45, 7) is 0. The van der Waals surface area contributed by atoms with E-state index in [1.807, 2.05) is 0 Å². The zero-order chi connectivity index (χ0) is 17.1. The molecule has 1 atom stereocenters. The van der Waals surface area contributed by atoms with Crippen LogP contribution in [0.4, 0.5) is 0 Å². The van der Waals surface area contributed by atoms with Gasteiger partial charge in [0.15, 0.2) is 11.7 Å². The highest BCUT2D eigenvalue weighted by Gasteiger charge is 2.24. The Labute approximate surface area is 136 Å². The van der Waals surface area contributed by atoms with Crippen molar-refractivity contribution < 1.29 is 14.3 Å². The molecule has 0 saturated heterocycles. The number of nitrogens with one attached hydrogen (secondary N) is 2. The van der Waals surface area contributed by atoms with E-state index < -0.39 is 23.6 Å². The highest BCUT2D eigenvalue weighted by atomic mass is 16.5. The maximum atomic E-state index is 12.5. The lowest BCUT2D eigenvalue weighted by atomic mass is 10.1. The van der Waals surface area contributed by atoms with Crippen molar-refractivity contribution in [1.82, 2.24) is 19.9 Å². The molecule has 122 valence electrons. The molecule has 2 aromatic heterocycles. The number of H-pyrrole nitrogens is 1. The molecule has 0 aliphatic carbocycles. The van der Waals surface area contributed by atoms with E-state index in [1.165, 1.54) is 29.8 Å². The van der Waals surface area contributed by atoms with Crippen molar-refractivity contribution in [2.45, 2.75) is 6.04 Å². The Morgan fingerprint density at radius 1 is 1.21 bits per heavy atom. The Balaban J connectivity index is 1.90. The Kier molecular flexibility index (Phi) is 4.11. The van der Waals surface area contributed by atoms with Gasteiger partial charge in [0.25, 0.3) is 5.91 Å². The second-order valence-electron chi connectivity index (χ2n) is 5.02. The topological polar surface area (TPSA) is 106 Å². The van der Waals surface area contributed by atoms with Gasteiger partial charge in [0.1, 0.15) is 0 Å². The van der Waals surface area contributed by atoms with Crippen LogP contribution in [0.1, 0.15) is 22.0 Å². The summed E-state index contributed by atoms with van der Waals surface area (Å²) in [7, 11) is 1.25. The van der Waals surface area contributed by atoms with Crippen LogP contribution in [-0.4, -0.2) is 33.6 Å². The van der Waals surface area contributed by atoms with Crippen LogP contribution in [0.2, 0.25) is 0 Å². The van der Waals surface area contributed by atoms with Gasteiger partial charge in [-0.2, -0.15) is 5.10 Å². The highest BCUT2D eigenvalue weighted by Crippen LogP contribution is 2.15. The molecule has 0 bridgehead atoms. The van der Waals surface area contributed by atoms with Gasteiger partial charge in [0, 0.05) is 6.20 Å². The number of hydrogen-bond acceptors (Lipinski definition) is 5. The molecule has 3 aromatic rings. The summed E-state index contributed by atoms with van der Waals surface area (Å²) in [5, 5.41) is 8.69. The molecule has 8 nitrogen and oxygen atoms in total. The van der Waals surface area contributed by atoms with E-state index in [9.17, 15) is 14.4 Å². The first kappa shape index (κ1) is 15.5. The predicted molar refractivity (Wildman–Crippen MR) is 84.5 cm³/mol. The number of aromatic nitrogens is 3. The Morgan fingerprint density at radius 2 is 1.96 bits per heavy atom. The van der Waals surface area contributed by atoms with E-state index in [-0.39, 0.29) is 5.56 Å². The van der Waals surface area contributed by atoms with E-state index in [4.69, 9.17) is 4.74 Å². The molecule has 2 heterocycles. The van der Waals surface area contributed by atoms with Crippen LogP contribution in [0.25, 0.3) is 5.65 Å². The zero-order valence-electron chi connectivity index (χ0n) is 12.7. The van der Waals surface area contributed by atoms with Gasteiger partial charge in [-0.15, -0.1) is 0 Å². The normalized spacial score (nSPS) is 11.9. The molecular weight excluding hydrogens is 312 g/mol. The molecule has 0 spiro atoms. The molecule has 0 aliphatic heterocycles. The van der Waals surface area contributed by atoms with Crippen molar-refractivity contribution in [3.8, 4) is 0 Å². The van der Waals surface area contributed by atoms with Crippen LogP contribution in [-0.2, 0) is 9.53 Å². The number of methoxy groups -OCH3 is 1. The number of hydrogen-bond donors (Lipinski definition) is 2. The fourth-order valence-electron chi connectivity index (χ4n) is 2.30. The maximum Gasteiger partial charge on any atom is 0.347 e. The number of nitrogens with zero attached hydrogens (tertiary/aromatic N) is 2. The number of fused-ring (bicyclic) bond motifs is 1. The van der Waals surface area contributed by atoms with E-state index >= 15 is 0 Å². The first-order valence-electron chi connectivity index (χ1n) is 7.10. The number of benzene rings is 1. The van der Waals surface area contributed by atoms with Crippen molar-refractivity contribution in [2.24, 2.45) is 0 Å². The molecule has 0 radical (unpaired) electrons. The number of esters is 1. The quantitative estimate of drug-likeness (QED) is 0.685. The third-order valence-corrected chi connectivity index (χ3v) is 3.52. The lowest BCUT2D eigenvalue weighted by Crippen LogP contribution is -2.34. The monoisotopic (exact) mass is 326 g/mol. The average molecular weight is 326 g/mol. The number of aromatic amines is 1. The highest BCUT2D eigenvalue weighted by molar-refractivity contribution is 5.97. The van der Waals surface area contributed by atoms with Gasteiger partial charge >= 0.3 is 11.7 Å². The van der Waals surface area contributed by atoms with E-state index in [0.717, 1.165) is 0 Å². The molecule has 1 aromatic carbocycles. The average Bonchev–Trinajstić information content (AvgIpc) is 3.00. The van der Waals surface area contributed by atoms with Crippen molar-refractivity contribution in [2.75, 3.05) is 7.11 Å². The predicted octanol–water partition coefficient (Wildman–Crippen LogP) is 0.667. The van der Waals surface area contributed by atoms with E-state index in [2.05, 4.69) is 15.5 Å². The molecule has 1 amide bonds. The molecule has 0 unspecified atom stereocenters. The maximum absolute atomic E-state index is 12.5. The largest absolute Gasteiger partial charge is 0.467 e. The van der Waals surface area contributed by atoms with Crippen LogP contribution in [0.5, 0.6) is 0 Å². The fraction of sp³-hybridized carbons (Fsp3) is 0.125. The third-order valence-electron chi connectivity index (χ3n) is 3.52. The smallest absolute Gasteiger partial charge is 0.347 e. The molecule has 0 fully saturated rings. The molecule has 2 N–H and O–H groups in total. The Morgan fingerprint density at radius 3 is 2.67 bits per heavy atom. The Hall–Kier alpha value is -3.42. The summed E-state index contributed by atoms with van der Waals surface area (Å²) >= 11 is 0. The van der Waals surface area contributed by atoms with Crippen LogP contribution in [0, 0.1) is 0 Å². The molecule has 3 rings (SSSR count). The second-order valence-corrected chi connectivity index (χ2v) is 5.02. The third kappa shape index (κ3) is 2.89. The summed E-state index contributed by atoms with van der Waals surface area (Å²) in [5.41, 5.74) is 0.756. The molecule has 8 heteroatoms. The minimum absolute atomic E-state index is 0.218. The standard InChI is InChI=1S/C16H14N4O4/c1-24-15(22)13(10-5-3-2-4-6-10)17-14(21)11-7-8-12-18-19-16(23)20(12)9-11/h2-9,13H,1H3,(H,17,21)(H,19,23)/t13-/m1/s1. The number of pyridine rings is 1. The lowest BCUT2D eigenvalue weighted by Gasteiger charge is -2.16. The summed E-state index contributed by atoms with van der Waals surface area (Å²) in [6, 6.07) is 10.9. The van der Waals surface area contributed by atoms with Gasteiger partial charge in [-0.3, -0.25) is 4.79 Å². The van der Waals surface area contributed by atoms with Gasteiger partial charge in [0.2, 0.25) is 0 Å². The van der Waals surface area contributed by atoms with Crippen molar-refractivity contribution in [1.29, 1.82) is 0 Å². The zero-order valence-corrected chi connectivity index (χ0v) is 12.7. The van der Waals surface area contributed by atoms with Gasteiger partial charge in [0.05, 0.1) is 12.7 Å². The van der Waals surface area contributed by atoms with Crippen LogP contribution >= 0.6 is 0 Å². The molecule has 24 heavy (non-hydrogen) atoms. The Bertz CT molecular complexity index is 945. The van der Waals surface area contributed by atoms with Gasteiger partial charge in [-0.25, -0.2) is 19.1 Å². The number of amides is 1. The number of ether oxygens (including phenoxy) is 1. The fourth-order valence-corrected chi connectivity index (χ4v) is 2.30. The van der Waals surface area contributed by atoms with Crippen molar-refractivity contribution >= 4 is 17.5 Å². The molecule has 0 aliphatic rings. The molecule has 0 saturated carbocycles. The van der Waals surface area contributed by atoms with E-state index in [0.29, 0.717) is 11.2 Å². The second kappa shape index (κ2) is 6.37. The summed E-state index contributed by atoms with van der Waals surface area (Å²) in [4.78, 5) is 36.0. The molecular formula is C16H14N4O4. The summed E-state index contributed by atoms with van der Waals surface area (Å²) < 4.78 is 5.97. The minimum atomic E-state index is -0.944. The van der Waals surface area contributed by atoms with Crippen LogP contribution in [0.15, 0.2) is 53.5 Å². The summed E-state index contributed by atoms with van der Waals surface area (Å²) in [6.07, 6.45) is 1.36. The van der Waals surface area contributed by atoms with Crippen LogP contribution in [0.3, 0.4) is 0 Å². The van der Waals surface area contributed by atoms with E-state index in [1.54, 1.807) is 30.3 Å². The first-order valence-corrected chi connectivity index (χ1v) is 7.10. The lowest BCUT2D eigenvalue weighted by molar-refractivity contribution is -0.143. The number of rotatable bonds is 4. The number of carbonyl (C=O) groups is 2. The van der Waals surface area contributed by atoms with Crippen LogP contribution < -0.4 is 11.0 Å². The van der Waals surface area contributed by atoms with Gasteiger partial charge < -0.3 is 10.1 Å². The van der Waals surface area contributed by atoms with Crippen molar-refractivity contribution in [3.05, 3.63) is 70.3 Å².